The summed E-state index contributed by atoms with van der Waals surface area (Å²) in [5, 5.41) is 61.7. The van der Waals surface area contributed by atoms with Crippen LogP contribution in [-0.4, -0.2) is 79.6 Å². The number of carbonyl (C=O) groups excluding carboxylic acids is 1. The van der Waals surface area contributed by atoms with Gasteiger partial charge in [-0.15, -0.1) is 0 Å². The number of carbonyl (C=O) groups is 1. The Balaban J connectivity index is 1.14. The zero-order valence-electron chi connectivity index (χ0n) is 29.5. The van der Waals surface area contributed by atoms with E-state index in [-0.39, 0.29) is 35.6 Å². The molecule has 48 heavy (non-hydrogen) atoms. The van der Waals surface area contributed by atoms with Gasteiger partial charge in [0.1, 0.15) is 12.2 Å². The molecule has 4 saturated carbocycles. The highest BCUT2D eigenvalue weighted by molar-refractivity contribution is 5.95. The van der Waals surface area contributed by atoms with Crippen LogP contribution in [0.3, 0.4) is 0 Å². The summed E-state index contributed by atoms with van der Waals surface area (Å²) in [6.07, 6.45) is 14.3. The summed E-state index contributed by atoms with van der Waals surface area (Å²) in [5.74, 6) is 0.708. The Morgan fingerprint density at radius 2 is 1.73 bits per heavy atom. The summed E-state index contributed by atoms with van der Waals surface area (Å²) < 4.78 is 6.22. The Morgan fingerprint density at radius 3 is 2.42 bits per heavy atom. The number of allylic oxidation sites excluding steroid dienone is 3. The highest BCUT2D eigenvalue weighted by Gasteiger charge is 2.73. The smallest absolute Gasteiger partial charge is 0.159 e. The quantitative estimate of drug-likeness (QED) is 0.181. The van der Waals surface area contributed by atoms with Crippen LogP contribution in [0, 0.1) is 39.9 Å². The number of nitrogens with one attached hydrogen (secondary N) is 1. The standard InChI is InChI=1S/C39H60N2O7/c1-34(22-42,14-9-23-13-18-41-31(40)19-23)37(4,46)33-32(48-33)36(3,45)30-12-17-39(47)27-21-29(44)28-20-25(43)10-16-38(28,24-7-5-6-8-24)26(27)11-15-35(30,39)2/h13,19,21,24-26,28,30,32-33,41-43,45-47H,5-12,14-18,20,22,40H2,1-4H3. The molecular formula is C39H60N2O7. The lowest BCUT2D eigenvalue weighted by molar-refractivity contribution is -0.163. The number of rotatable bonds is 9. The molecule has 1 saturated heterocycles. The van der Waals surface area contributed by atoms with E-state index >= 15 is 0 Å². The van der Waals surface area contributed by atoms with Crippen LogP contribution in [0.4, 0.5) is 0 Å². The second-order valence-electron chi connectivity index (χ2n) is 17.9. The molecule has 8 N–H and O–H groups in total. The Bertz CT molecular complexity index is 1400. The van der Waals surface area contributed by atoms with E-state index in [1.54, 1.807) is 19.9 Å². The average molecular weight is 669 g/mol. The molecule has 5 fully saturated rings. The van der Waals surface area contributed by atoms with Crippen LogP contribution < -0.4 is 11.1 Å². The number of dihydropyridines is 1. The van der Waals surface area contributed by atoms with Crippen LogP contribution in [-0.2, 0) is 9.53 Å². The van der Waals surface area contributed by atoms with Gasteiger partial charge in [-0.3, -0.25) is 4.79 Å². The molecule has 0 bridgehead atoms. The second kappa shape index (κ2) is 11.6. The first-order valence-electron chi connectivity index (χ1n) is 18.8. The Labute approximate surface area is 286 Å². The van der Waals surface area contributed by atoms with E-state index in [4.69, 9.17) is 10.5 Å². The van der Waals surface area contributed by atoms with E-state index < -0.39 is 45.9 Å². The van der Waals surface area contributed by atoms with Crippen LogP contribution in [0.1, 0.15) is 111 Å². The third-order valence-electron chi connectivity index (χ3n) is 15.7. The lowest BCUT2D eigenvalue weighted by Gasteiger charge is -2.62. The van der Waals surface area contributed by atoms with Crippen LogP contribution >= 0.6 is 0 Å². The first-order valence-corrected chi connectivity index (χ1v) is 18.8. The van der Waals surface area contributed by atoms with Crippen LogP contribution in [0.25, 0.3) is 0 Å². The number of epoxide rings is 1. The van der Waals surface area contributed by atoms with Gasteiger partial charge < -0.3 is 41.3 Å². The summed E-state index contributed by atoms with van der Waals surface area (Å²) in [6.45, 7) is 7.87. The summed E-state index contributed by atoms with van der Waals surface area (Å²) in [5.41, 5.74) is 2.09. The molecule has 7 rings (SSSR count). The first kappa shape index (κ1) is 34.7. The number of hydrogen-bond donors (Lipinski definition) is 7. The summed E-state index contributed by atoms with van der Waals surface area (Å²) in [4.78, 5) is 14.0. The zero-order valence-corrected chi connectivity index (χ0v) is 29.5. The number of aliphatic hydroxyl groups excluding tert-OH is 2. The summed E-state index contributed by atoms with van der Waals surface area (Å²) >= 11 is 0. The molecule has 0 spiro atoms. The van der Waals surface area contributed by atoms with E-state index in [1.165, 1.54) is 12.8 Å². The van der Waals surface area contributed by atoms with E-state index in [0.29, 0.717) is 56.8 Å². The molecule has 2 aliphatic heterocycles. The van der Waals surface area contributed by atoms with Gasteiger partial charge in [-0.2, -0.15) is 0 Å². The number of ketones is 1. The average Bonchev–Trinajstić information content (AvgIpc) is 3.60. The Morgan fingerprint density at radius 1 is 1.00 bits per heavy atom. The van der Waals surface area contributed by atoms with Crippen molar-refractivity contribution in [2.24, 2.45) is 45.7 Å². The molecule has 7 aliphatic rings. The SMILES string of the molecule is CC(O)(C1OC1C(C)(O)C(C)(CO)CCC1=CCNC(N)=C1)C1CCC2(O)C3=CC(=O)C4CC(O)CCC4(C4CCCC4)C3CCC12C. The number of nitrogens with two attached hydrogens (primary N) is 1. The third-order valence-corrected chi connectivity index (χ3v) is 15.7. The molecule has 12 unspecified atom stereocenters. The monoisotopic (exact) mass is 668 g/mol. The van der Waals surface area contributed by atoms with Gasteiger partial charge in [0, 0.05) is 23.3 Å². The molecule has 2 heterocycles. The van der Waals surface area contributed by atoms with Crippen LogP contribution in [0.5, 0.6) is 0 Å². The molecule has 0 radical (unpaired) electrons. The van der Waals surface area contributed by atoms with Gasteiger partial charge in [-0.25, -0.2) is 0 Å². The molecule has 0 amide bonds. The van der Waals surface area contributed by atoms with Crippen molar-refractivity contribution < 1.29 is 35.1 Å². The van der Waals surface area contributed by atoms with Gasteiger partial charge in [-0.1, -0.05) is 32.8 Å². The maximum Gasteiger partial charge on any atom is 0.159 e. The Hall–Kier alpha value is -1.75. The highest BCUT2D eigenvalue weighted by Crippen LogP contribution is 2.71. The first-order chi connectivity index (χ1) is 22.5. The fourth-order valence-electron chi connectivity index (χ4n) is 12.4. The zero-order chi connectivity index (χ0) is 34.5. The second-order valence-corrected chi connectivity index (χ2v) is 17.9. The number of aliphatic hydroxyl groups is 5. The van der Waals surface area contributed by atoms with Crippen molar-refractivity contribution in [3.05, 3.63) is 35.2 Å². The largest absolute Gasteiger partial charge is 0.396 e. The van der Waals surface area contributed by atoms with E-state index in [1.807, 2.05) is 13.0 Å². The number of fused-ring (bicyclic) bond motifs is 5. The van der Waals surface area contributed by atoms with Crippen molar-refractivity contribution in [2.75, 3.05) is 13.2 Å². The molecule has 0 aromatic rings. The van der Waals surface area contributed by atoms with Crippen LogP contribution in [0.2, 0.25) is 0 Å². The van der Waals surface area contributed by atoms with Gasteiger partial charge in [0.15, 0.2) is 5.78 Å². The van der Waals surface area contributed by atoms with Crippen molar-refractivity contribution in [3.63, 3.8) is 0 Å². The number of hydrogen-bond acceptors (Lipinski definition) is 9. The van der Waals surface area contributed by atoms with E-state index in [2.05, 4.69) is 18.3 Å². The summed E-state index contributed by atoms with van der Waals surface area (Å²) in [6, 6.07) is 0. The molecule has 5 aliphatic carbocycles. The van der Waals surface area contributed by atoms with Crippen molar-refractivity contribution in [3.8, 4) is 0 Å². The molecular weight excluding hydrogens is 608 g/mol. The third kappa shape index (κ3) is 4.88. The lowest BCUT2D eigenvalue weighted by Crippen LogP contribution is -2.63. The Kier molecular flexibility index (Phi) is 8.41. The minimum absolute atomic E-state index is 0.0724. The minimum Gasteiger partial charge on any atom is -0.396 e. The topological polar surface area (TPSA) is 169 Å². The molecule has 9 heteroatoms. The predicted octanol–water partition coefficient (Wildman–Crippen LogP) is 3.77. The van der Waals surface area contributed by atoms with Gasteiger partial charge in [0.25, 0.3) is 0 Å². The molecule has 9 nitrogen and oxygen atoms in total. The normalized spacial score (nSPS) is 44.9. The van der Waals surface area contributed by atoms with Crippen molar-refractivity contribution in [2.45, 2.75) is 146 Å². The fraction of sp³-hybridized carbons (Fsp3) is 0.821. The van der Waals surface area contributed by atoms with Gasteiger partial charge in [0.2, 0.25) is 0 Å². The maximum absolute atomic E-state index is 14.0. The fourth-order valence-corrected chi connectivity index (χ4v) is 12.4. The number of ether oxygens (including phenoxy) is 1. The predicted molar refractivity (Wildman–Crippen MR) is 182 cm³/mol. The lowest BCUT2D eigenvalue weighted by atomic mass is 9.42. The minimum atomic E-state index is -1.43. The van der Waals surface area contributed by atoms with Crippen LogP contribution in [0.15, 0.2) is 35.2 Å². The van der Waals surface area contributed by atoms with E-state index in [0.717, 1.165) is 43.3 Å². The van der Waals surface area contributed by atoms with Gasteiger partial charge in [0.05, 0.1) is 35.3 Å². The van der Waals surface area contributed by atoms with Crippen molar-refractivity contribution in [1.29, 1.82) is 0 Å². The molecule has 0 aromatic carbocycles. The summed E-state index contributed by atoms with van der Waals surface area (Å²) in [7, 11) is 0. The molecule has 0 aromatic heterocycles. The van der Waals surface area contributed by atoms with E-state index in [9.17, 15) is 30.3 Å². The molecule has 268 valence electrons. The van der Waals surface area contributed by atoms with Crippen molar-refractivity contribution in [1.82, 2.24) is 5.32 Å². The van der Waals surface area contributed by atoms with Gasteiger partial charge >= 0.3 is 0 Å². The van der Waals surface area contributed by atoms with Gasteiger partial charge in [-0.05, 0) is 131 Å². The van der Waals surface area contributed by atoms with Crippen molar-refractivity contribution >= 4 is 5.78 Å². The maximum atomic E-state index is 14.0. The molecule has 12 atom stereocenters. The highest BCUT2D eigenvalue weighted by atomic mass is 16.6.